The highest BCUT2D eigenvalue weighted by atomic mass is 16.5. The van der Waals surface area contributed by atoms with Crippen molar-refractivity contribution in [3.05, 3.63) is 0 Å². The molecule has 0 aromatic rings. The Labute approximate surface area is 107 Å². The number of ether oxygens (including phenoxy) is 1. The Morgan fingerprint density at radius 1 is 1.28 bits per heavy atom. The highest BCUT2D eigenvalue weighted by molar-refractivity contribution is 5.86. The van der Waals surface area contributed by atoms with Crippen molar-refractivity contribution >= 4 is 17.8 Å². The van der Waals surface area contributed by atoms with E-state index in [2.05, 4.69) is 5.32 Å². The summed E-state index contributed by atoms with van der Waals surface area (Å²) < 4.78 is 4.70. The molecular formula is C12H21NO5. The van der Waals surface area contributed by atoms with Crippen LogP contribution in [0.5, 0.6) is 0 Å². The highest BCUT2D eigenvalue weighted by Gasteiger charge is 2.27. The molecule has 0 aliphatic heterocycles. The molecule has 18 heavy (non-hydrogen) atoms. The predicted octanol–water partition coefficient (Wildman–Crippen LogP) is 0.945. The van der Waals surface area contributed by atoms with Gasteiger partial charge in [0.15, 0.2) is 0 Å². The maximum Gasteiger partial charge on any atom is 0.326 e. The molecule has 0 saturated heterocycles. The molecule has 1 atom stereocenters. The smallest absolute Gasteiger partial charge is 0.326 e. The van der Waals surface area contributed by atoms with Crippen molar-refractivity contribution in [3.63, 3.8) is 0 Å². The van der Waals surface area contributed by atoms with E-state index in [0.717, 1.165) is 0 Å². The van der Waals surface area contributed by atoms with Gasteiger partial charge in [0.05, 0.1) is 6.61 Å². The van der Waals surface area contributed by atoms with Gasteiger partial charge in [0.25, 0.3) is 0 Å². The zero-order valence-corrected chi connectivity index (χ0v) is 11.3. The number of nitrogens with one attached hydrogen (secondary N) is 1. The molecule has 0 aliphatic rings. The molecule has 0 saturated carbocycles. The Morgan fingerprint density at radius 3 is 2.22 bits per heavy atom. The number of carboxylic acid groups (broad SMARTS) is 1. The lowest BCUT2D eigenvalue weighted by Crippen LogP contribution is -2.45. The molecule has 0 aromatic heterocycles. The van der Waals surface area contributed by atoms with Gasteiger partial charge in [0.1, 0.15) is 6.04 Å². The van der Waals surface area contributed by atoms with Crippen LogP contribution in [0, 0.1) is 5.41 Å². The topological polar surface area (TPSA) is 92.7 Å². The molecule has 2 N–H and O–H groups in total. The van der Waals surface area contributed by atoms with Gasteiger partial charge in [0.2, 0.25) is 5.91 Å². The Bertz CT molecular complexity index is 319. The Kier molecular flexibility index (Phi) is 6.36. The van der Waals surface area contributed by atoms with E-state index in [1.54, 1.807) is 27.7 Å². The van der Waals surface area contributed by atoms with Crippen LogP contribution >= 0.6 is 0 Å². The SMILES string of the molecule is CCOC(=O)CC[C@H](NC(=O)C(C)(C)C)C(=O)O. The van der Waals surface area contributed by atoms with E-state index in [1.807, 2.05) is 0 Å². The van der Waals surface area contributed by atoms with E-state index in [-0.39, 0.29) is 25.4 Å². The lowest BCUT2D eigenvalue weighted by Gasteiger charge is -2.21. The summed E-state index contributed by atoms with van der Waals surface area (Å²) in [5.74, 6) is -1.98. The molecule has 0 fully saturated rings. The van der Waals surface area contributed by atoms with Crippen LogP contribution in [-0.4, -0.2) is 35.6 Å². The Hall–Kier alpha value is -1.59. The van der Waals surface area contributed by atoms with Crippen LogP contribution in [-0.2, 0) is 19.1 Å². The summed E-state index contributed by atoms with van der Waals surface area (Å²) in [6.45, 7) is 6.99. The first kappa shape index (κ1) is 16.4. The van der Waals surface area contributed by atoms with Crippen LogP contribution in [0.1, 0.15) is 40.5 Å². The van der Waals surface area contributed by atoms with Crippen molar-refractivity contribution in [2.45, 2.75) is 46.6 Å². The van der Waals surface area contributed by atoms with E-state index in [0.29, 0.717) is 0 Å². The predicted molar refractivity (Wildman–Crippen MR) is 64.9 cm³/mol. The number of carbonyl (C=O) groups is 3. The molecule has 6 nitrogen and oxygen atoms in total. The second-order valence-corrected chi connectivity index (χ2v) is 4.96. The first-order valence-electron chi connectivity index (χ1n) is 5.88. The van der Waals surface area contributed by atoms with Crippen LogP contribution < -0.4 is 5.32 Å². The zero-order valence-electron chi connectivity index (χ0n) is 11.3. The number of esters is 1. The van der Waals surface area contributed by atoms with Gasteiger partial charge in [-0.1, -0.05) is 20.8 Å². The summed E-state index contributed by atoms with van der Waals surface area (Å²) >= 11 is 0. The number of rotatable bonds is 6. The van der Waals surface area contributed by atoms with Gasteiger partial charge in [-0.15, -0.1) is 0 Å². The van der Waals surface area contributed by atoms with Crippen molar-refractivity contribution in [2.75, 3.05) is 6.61 Å². The van der Waals surface area contributed by atoms with Crippen LogP contribution in [0.2, 0.25) is 0 Å². The van der Waals surface area contributed by atoms with Gasteiger partial charge >= 0.3 is 11.9 Å². The van der Waals surface area contributed by atoms with Gasteiger partial charge in [-0.05, 0) is 13.3 Å². The lowest BCUT2D eigenvalue weighted by atomic mass is 9.95. The van der Waals surface area contributed by atoms with Gasteiger partial charge in [-0.25, -0.2) is 4.79 Å². The van der Waals surface area contributed by atoms with Crippen LogP contribution in [0.3, 0.4) is 0 Å². The van der Waals surface area contributed by atoms with Crippen LogP contribution in [0.15, 0.2) is 0 Å². The van der Waals surface area contributed by atoms with Crippen molar-refractivity contribution < 1.29 is 24.2 Å². The number of hydrogen-bond donors (Lipinski definition) is 2. The molecule has 1 amide bonds. The average molecular weight is 259 g/mol. The Balaban J connectivity index is 4.38. The van der Waals surface area contributed by atoms with Gasteiger partial charge in [-0.2, -0.15) is 0 Å². The van der Waals surface area contributed by atoms with E-state index in [9.17, 15) is 14.4 Å². The minimum Gasteiger partial charge on any atom is -0.480 e. The molecule has 0 bridgehead atoms. The third-order valence-electron chi connectivity index (χ3n) is 2.23. The summed E-state index contributed by atoms with van der Waals surface area (Å²) in [6.07, 6.45) is -0.00871. The van der Waals surface area contributed by atoms with Crippen molar-refractivity contribution in [2.24, 2.45) is 5.41 Å². The number of aliphatic carboxylic acids is 1. The standard InChI is InChI=1S/C12H21NO5/c1-5-18-9(14)7-6-8(10(15)16)13-11(17)12(2,3)4/h8H,5-7H2,1-4H3,(H,13,17)(H,15,16)/t8-/m0/s1. The molecular weight excluding hydrogens is 238 g/mol. The van der Waals surface area contributed by atoms with E-state index >= 15 is 0 Å². The third-order valence-corrected chi connectivity index (χ3v) is 2.23. The fourth-order valence-electron chi connectivity index (χ4n) is 1.13. The minimum atomic E-state index is -1.16. The lowest BCUT2D eigenvalue weighted by molar-refractivity contribution is -0.146. The summed E-state index contributed by atoms with van der Waals surface area (Å²) in [7, 11) is 0. The first-order chi connectivity index (χ1) is 8.18. The summed E-state index contributed by atoms with van der Waals surface area (Å²) in [5.41, 5.74) is -0.669. The number of carboxylic acids is 1. The summed E-state index contributed by atoms with van der Waals surface area (Å²) in [5, 5.41) is 11.4. The number of carbonyl (C=O) groups excluding carboxylic acids is 2. The van der Waals surface area contributed by atoms with E-state index < -0.39 is 23.4 Å². The quantitative estimate of drug-likeness (QED) is 0.693. The van der Waals surface area contributed by atoms with Crippen molar-refractivity contribution in [3.8, 4) is 0 Å². The van der Waals surface area contributed by atoms with Crippen LogP contribution in [0.4, 0.5) is 0 Å². The maximum atomic E-state index is 11.7. The van der Waals surface area contributed by atoms with Crippen molar-refractivity contribution in [1.29, 1.82) is 0 Å². The first-order valence-corrected chi connectivity index (χ1v) is 5.88. The minimum absolute atomic E-state index is 0.0238. The third kappa shape index (κ3) is 6.22. The monoisotopic (exact) mass is 259 g/mol. The van der Waals surface area contributed by atoms with Gasteiger partial charge in [0, 0.05) is 11.8 Å². The fraction of sp³-hybridized carbons (Fsp3) is 0.750. The highest BCUT2D eigenvalue weighted by Crippen LogP contribution is 2.13. The van der Waals surface area contributed by atoms with Crippen molar-refractivity contribution in [1.82, 2.24) is 5.32 Å². The average Bonchev–Trinajstić information content (AvgIpc) is 2.22. The van der Waals surface area contributed by atoms with Crippen LogP contribution in [0.25, 0.3) is 0 Å². The molecule has 0 radical (unpaired) electrons. The normalized spacial score (nSPS) is 12.7. The molecule has 0 unspecified atom stereocenters. The van der Waals surface area contributed by atoms with Gasteiger partial charge < -0.3 is 15.2 Å². The molecule has 0 spiro atoms. The second kappa shape index (κ2) is 6.98. The summed E-state index contributed by atoms with van der Waals surface area (Å²) in [6, 6.07) is -1.07. The second-order valence-electron chi connectivity index (χ2n) is 4.96. The van der Waals surface area contributed by atoms with Gasteiger partial charge in [-0.3, -0.25) is 9.59 Å². The maximum absolute atomic E-state index is 11.7. The fourth-order valence-corrected chi connectivity index (χ4v) is 1.13. The molecule has 6 heteroatoms. The molecule has 0 aromatic carbocycles. The molecule has 0 aliphatic carbocycles. The van der Waals surface area contributed by atoms with E-state index in [4.69, 9.17) is 9.84 Å². The molecule has 0 heterocycles. The molecule has 0 rings (SSSR count). The Morgan fingerprint density at radius 2 is 1.83 bits per heavy atom. The summed E-state index contributed by atoms with van der Waals surface area (Å²) in [4.78, 5) is 33.7. The number of amides is 1. The van der Waals surface area contributed by atoms with E-state index in [1.165, 1.54) is 0 Å². The number of hydrogen-bond acceptors (Lipinski definition) is 4. The largest absolute Gasteiger partial charge is 0.480 e. The molecule has 104 valence electrons. The zero-order chi connectivity index (χ0) is 14.3.